The van der Waals surface area contributed by atoms with Crippen LogP contribution < -0.4 is 4.57 Å². The Bertz CT molecular complexity index is 629. The Morgan fingerprint density at radius 3 is 1.86 bits per heavy atom. The van der Waals surface area contributed by atoms with Gasteiger partial charge in [-0.2, -0.15) is 4.57 Å². The van der Waals surface area contributed by atoms with E-state index in [9.17, 15) is 0 Å². The Kier molecular flexibility index (Phi) is 4.51. The topological polar surface area (TPSA) is 8.81 Å². The van der Waals surface area contributed by atoms with Gasteiger partial charge in [-0.15, -0.1) is 0 Å². The van der Waals surface area contributed by atoms with Crippen LogP contribution in [0, 0.1) is 0 Å². The van der Waals surface area contributed by atoms with Crippen LogP contribution in [0.3, 0.4) is 0 Å². The molecule has 0 aliphatic heterocycles. The van der Waals surface area contributed by atoms with E-state index in [1.54, 1.807) is 0 Å². The number of hydrogen-bond acceptors (Lipinski definition) is 0. The fourth-order valence-electron chi connectivity index (χ4n) is 3.34. The second kappa shape index (κ2) is 5.91. The van der Waals surface area contributed by atoms with Gasteiger partial charge in [0.25, 0.3) is 5.82 Å². The lowest BCUT2D eigenvalue weighted by Crippen LogP contribution is -2.39. The third-order valence-electron chi connectivity index (χ3n) is 4.26. The predicted molar refractivity (Wildman–Crippen MR) is 93.8 cm³/mol. The van der Waals surface area contributed by atoms with E-state index in [0.717, 1.165) is 0 Å². The third-order valence-corrected chi connectivity index (χ3v) is 4.26. The summed E-state index contributed by atoms with van der Waals surface area (Å²) in [6, 6.07) is 6.76. The zero-order valence-electron chi connectivity index (χ0n) is 15.4. The van der Waals surface area contributed by atoms with Crippen LogP contribution in [-0.4, -0.2) is 4.57 Å². The Morgan fingerprint density at radius 1 is 0.955 bits per heavy atom. The number of aryl methyl sites for hydroxylation is 1. The minimum atomic E-state index is 0.0938. The Morgan fingerprint density at radius 2 is 1.45 bits per heavy atom. The van der Waals surface area contributed by atoms with E-state index in [1.165, 1.54) is 22.6 Å². The van der Waals surface area contributed by atoms with Crippen LogP contribution in [0.1, 0.15) is 77.3 Å². The van der Waals surface area contributed by atoms with Crippen LogP contribution in [0.25, 0.3) is 5.69 Å². The van der Waals surface area contributed by atoms with Crippen molar-refractivity contribution in [1.82, 2.24) is 4.57 Å². The number of aromatic nitrogens is 2. The molecule has 120 valence electrons. The molecule has 0 atom stereocenters. The normalized spacial score (nSPS) is 12.5. The molecule has 0 spiro atoms. The first-order valence-electron chi connectivity index (χ1n) is 8.35. The molecule has 0 bridgehead atoms. The van der Waals surface area contributed by atoms with Gasteiger partial charge < -0.3 is 0 Å². The van der Waals surface area contributed by atoms with E-state index < -0.39 is 0 Å². The molecule has 1 aromatic carbocycles. The zero-order chi connectivity index (χ0) is 16.7. The molecule has 1 aromatic heterocycles. The van der Waals surface area contributed by atoms with Crippen molar-refractivity contribution in [2.24, 2.45) is 7.05 Å². The molecule has 0 aliphatic rings. The summed E-state index contributed by atoms with van der Waals surface area (Å²) < 4.78 is 4.66. The van der Waals surface area contributed by atoms with Gasteiger partial charge >= 0.3 is 0 Å². The molecule has 2 aromatic rings. The number of hydrogen-bond donors (Lipinski definition) is 0. The summed E-state index contributed by atoms with van der Waals surface area (Å²) in [6.07, 6.45) is 4.38. The van der Waals surface area contributed by atoms with Crippen LogP contribution >= 0.6 is 0 Å². The molecule has 0 aliphatic carbocycles. The zero-order valence-corrected chi connectivity index (χ0v) is 15.4. The van der Waals surface area contributed by atoms with Crippen LogP contribution in [0.2, 0.25) is 0 Å². The lowest BCUT2D eigenvalue weighted by atomic mass is 9.90. The summed E-state index contributed by atoms with van der Waals surface area (Å²) >= 11 is 0. The fraction of sp³-hybridized carbons (Fsp3) is 0.550. The van der Waals surface area contributed by atoms with Crippen LogP contribution in [0.15, 0.2) is 30.6 Å². The summed E-state index contributed by atoms with van der Waals surface area (Å²) in [7, 11) is 2.14. The van der Waals surface area contributed by atoms with Crippen molar-refractivity contribution < 1.29 is 4.57 Å². The van der Waals surface area contributed by atoms with Gasteiger partial charge in [0, 0.05) is 11.1 Å². The molecule has 0 fully saturated rings. The third kappa shape index (κ3) is 2.97. The second-order valence-electron chi connectivity index (χ2n) is 7.95. The Balaban J connectivity index is 2.83. The molecular weight excluding hydrogens is 268 g/mol. The minimum Gasteiger partial charge on any atom is -0.236 e. The monoisotopic (exact) mass is 299 g/mol. The molecule has 2 nitrogen and oxygen atoms in total. The largest absolute Gasteiger partial charge is 0.266 e. The summed E-state index contributed by atoms with van der Waals surface area (Å²) in [6.45, 7) is 16.0. The molecule has 0 saturated carbocycles. The smallest absolute Gasteiger partial charge is 0.236 e. The first-order valence-corrected chi connectivity index (χ1v) is 8.35. The van der Waals surface area contributed by atoms with Crippen LogP contribution in [0.5, 0.6) is 0 Å². The van der Waals surface area contributed by atoms with Crippen molar-refractivity contribution in [3.05, 3.63) is 47.5 Å². The minimum absolute atomic E-state index is 0.0938. The predicted octanol–water partition coefficient (Wildman–Crippen LogP) is 4.85. The maximum absolute atomic E-state index is 2.41. The van der Waals surface area contributed by atoms with E-state index in [2.05, 4.69) is 95.2 Å². The summed E-state index contributed by atoms with van der Waals surface area (Å²) in [5.74, 6) is 2.35. The van der Waals surface area contributed by atoms with Crippen molar-refractivity contribution in [3.63, 3.8) is 0 Å². The van der Waals surface area contributed by atoms with Gasteiger partial charge in [0.1, 0.15) is 18.1 Å². The number of benzene rings is 1. The Labute approximate surface area is 135 Å². The Hall–Kier alpha value is -1.57. The van der Waals surface area contributed by atoms with E-state index in [-0.39, 0.29) is 5.41 Å². The highest BCUT2D eigenvalue weighted by Gasteiger charge is 2.32. The fourth-order valence-corrected chi connectivity index (χ4v) is 3.34. The van der Waals surface area contributed by atoms with E-state index in [4.69, 9.17) is 0 Å². The molecule has 0 saturated heterocycles. The number of para-hydroxylation sites is 1. The molecule has 2 rings (SSSR count). The first-order chi connectivity index (χ1) is 10.1. The van der Waals surface area contributed by atoms with Crippen molar-refractivity contribution in [3.8, 4) is 5.69 Å². The maximum atomic E-state index is 2.41. The summed E-state index contributed by atoms with van der Waals surface area (Å²) in [4.78, 5) is 0. The summed E-state index contributed by atoms with van der Waals surface area (Å²) in [5, 5.41) is 0. The molecule has 2 heteroatoms. The van der Waals surface area contributed by atoms with Crippen LogP contribution in [-0.2, 0) is 12.5 Å². The van der Waals surface area contributed by atoms with Gasteiger partial charge in [-0.25, -0.2) is 4.57 Å². The van der Waals surface area contributed by atoms with Gasteiger partial charge in [0.05, 0.1) is 12.5 Å². The van der Waals surface area contributed by atoms with Gasteiger partial charge in [0.2, 0.25) is 0 Å². The lowest BCUT2D eigenvalue weighted by Gasteiger charge is -2.21. The van der Waals surface area contributed by atoms with Gasteiger partial charge in [-0.3, -0.25) is 0 Å². The van der Waals surface area contributed by atoms with Crippen molar-refractivity contribution in [2.75, 3.05) is 0 Å². The number of nitrogens with zero attached hydrogens (tertiary/aromatic N) is 2. The van der Waals surface area contributed by atoms with Crippen molar-refractivity contribution in [1.29, 1.82) is 0 Å². The van der Waals surface area contributed by atoms with Crippen LogP contribution in [0.4, 0.5) is 0 Å². The van der Waals surface area contributed by atoms with Gasteiger partial charge in [-0.1, -0.05) is 45.9 Å². The molecular formula is C20H31N2+. The maximum Gasteiger partial charge on any atom is 0.266 e. The number of rotatable bonds is 3. The highest BCUT2D eigenvalue weighted by atomic mass is 15.2. The molecule has 0 amide bonds. The molecule has 22 heavy (non-hydrogen) atoms. The lowest BCUT2D eigenvalue weighted by molar-refractivity contribution is -0.681. The van der Waals surface area contributed by atoms with E-state index in [0.29, 0.717) is 11.8 Å². The molecule has 0 unspecified atom stereocenters. The van der Waals surface area contributed by atoms with Crippen molar-refractivity contribution >= 4 is 0 Å². The highest BCUT2D eigenvalue weighted by Crippen LogP contribution is 2.33. The second-order valence-corrected chi connectivity index (χ2v) is 7.95. The molecule has 0 N–H and O–H groups in total. The number of imidazole rings is 1. The standard InChI is InChI=1S/C20H31N2/c1-14(2)16-10-9-11-17(15(3)4)18(16)22-13-12-21(8)19(22)20(5,6)7/h9-15H,1-8H3/q+1. The van der Waals surface area contributed by atoms with Gasteiger partial charge in [-0.05, 0) is 32.6 Å². The highest BCUT2D eigenvalue weighted by molar-refractivity contribution is 5.52. The average Bonchev–Trinajstić information content (AvgIpc) is 2.79. The van der Waals surface area contributed by atoms with Crippen molar-refractivity contribution in [2.45, 2.75) is 65.7 Å². The molecule has 1 heterocycles. The summed E-state index contributed by atoms with van der Waals surface area (Å²) in [5.41, 5.74) is 4.31. The molecule has 0 radical (unpaired) electrons. The van der Waals surface area contributed by atoms with E-state index in [1.807, 2.05) is 0 Å². The average molecular weight is 299 g/mol. The first kappa shape index (κ1) is 16.8. The SMILES string of the molecule is CC(C)c1cccc(C(C)C)c1-n1cc[n+](C)c1C(C)(C)C. The quantitative estimate of drug-likeness (QED) is 0.717. The van der Waals surface area contributed by atoms with E-state index >= 15 is 0 Å². The van der Waals surface area contributed by atoms with Gasteiger partial charge in [0.15, 0.2) is 0 Å².